The van der Waals surface area contributed by atoms with E-state index in [1.54, 1.807) is 6.07 Å². The quantitative estimate of drug-likeness (QED) is 0.497. The summed E-state index contributed by atoms with van der Waals surface area (Å²) in [6, 6.07) is 5.19. The molecule has 0 aliphatic heterocycles. The van der Waals surface area contributed by atoms with Gasteiger partial charge >= 0.3 is 0 Å². The van der Waals surface area contributed by atoms with Crippen molar-refractivity contribution in [3.63, 3.8) is 0 Å². The van der Waals surface area contributed by atoms with E-state index in [0.29, 0.717) is 12.6 Å². The Morgan fingerprint density at radius 3 is 2.83 bits per heavy atom. The SMILES string of the molecule is Fc1ccc(-c2ncnn2Cc2cnn(C3CCC3)c2Br)c(I)c1. The number of hydrogen-bond donors (Lipinski definition) is 0. The lowest BCUT2D eigenvalue weighted by Crippen LogP contribution is -2.18. The van der Waals surface area contributed by atoms with Crippen LogP contribution in [0.2, 0.25) is 0 Å². The number of rotatable bonds is 4. The van der Waals surface area contributed by atoms with Crippen LogP contribution in [0.5, 0.6) is 0 Å². The zero-order chi connectivity index (χ0) is 16.7. The lowest BCUT2D eigenvalue weighted by Gasteiger charge is -2.26. The third-order valence-corrected chi connectivity index (χ3v) is 6.10. The smallest absolute Gasteiger partial charge is 0.159 e. The average molecular weight is 502 g/mol. The Balaban J connectivity index is 1.65. The Morgan fingerprint density at radius 2 is 2.12 bits per heavy atom. The van der Waals surface area contributed by atoms with Crippen LogP contribution in [0.25, 0.3) is 11.4 Å². The summed E-state index contributed by atoms with van der Waals surface area (Å²) >= 11 is 5.79. The highest BCUT2D eigenvalue weighted by Crippen LogP contribution is 2.34. The van der Waals surface area contributed by atoms with Crippen LogP contribution in [0, 0.1) is 9.39 Å². The van der Waals surface area contributed by atoms with Gasteiger partial charge in [0.05, 0.1) is 18.8 Å². The van der Waals surface area contributed by atoms with Gasteiger partial charge in [-0.25, -0.2) is 14.1 Å². The molecule has 0 amide bonds. The highest BCUT2D eigenvalue weighted by atomic mass is 127. The van der Waals surface area contributed by atoms with E-state index in [1.807, 2.05) is 10.9 Å². The molecule has 0 radical (unpaired) electrons. The van der Waals surface area contributed by atoms with E-state index < -0.39 is 0 Å². The largest absolute Gasteiger partial charge is 0.255 e. The van der Waals surface area contributed by atoms with Crippen molar-refractivity contribution in [2.24, 2.45) is 0 Å². The molecule has 1 aliphatic carbocycles. The topological polar surface area (TPSA) is 48.5 Å². The van der Waals surface area contributed by atoms with Crippen LogP contribution >= 0.6 is 38.5 Å². The molecule has 8 heteroatoms. The van der Waals surface area contributed by atoms with E-state index in [0.717, 1.165) is 25.1 Å². The normalized spacial score (nSPS) is 14.8. The molecule has 0 spiro atoms. The van der Waals surface area contributed by atoms with Gasteiger partial charge in [-0.05, 0) is 76.0 Å². The number of benzene rings is 1. The minimum Gasteiger partial charge on any atom is -0.255 e. The molecular weight excluding hydrogens is 488 g/mol. The molecule has 3 aromatic rings. The second kappa shape index (κ2) is 6.55. The molecule has 0 saturated heterocycles. The molecule has 0 N–H and O–H groups in total. The predicted octanol–water partition coefficient (Wildman–Crippen LogP) is 4.42. The average Bonchev–Trinajstić information content (AvgIpc) is 3.08. The molecule has 24 heavy (non-hydrogen) atoms. The van der Waals surface area contributed by atoms with E-state index in [1.165, 1.54) is 37.7 Å². The first-order valence-corrected chi connectivity index (χ1v) is 9.56. The van der Waals surface area contributed by atoms with Gasteiger partial charge in [0.1, 0.15) is 16.7 Å². The van der Waals surface area contributed by atoms with Crippen LogP contribution in [-0.2, 0) is 6.54 Å². The zero-order valence-electron chi connectivity index (χ0n) is 12.7. The van der Waals surface area contributed by atoms with Gasteiger partial charge in [0.15, 0.2) is 5.82 Å². The van der Waals surface area contributed by atoms with Gasteiger partial charge < -0.3 is 0 Å². The van der Waals surface area contributed by atoms with Crippen molar-refractivity contribution in [3.8, 4) is 11.4 Å². The Morgan fingerprint density at radius 1 is 1.29 bits per heavy atom. The lowest BCUT2D eigenvalue weighted by molar-refractivity contribution is 0.284. The molecule has 1 saturated carbocycles. The van der Waals surface area contributed by atoms with Crippen molar-refractivity contribution >= 4 is 38.5 Å². The number of aromatic nitrogens is 5. The zero-order valence-corrected chi connectivity index (χ0v) is 16.4. The van der Waals surface area contributed by atoms with Gasteiger partial charge in [-0.1, -0.05) is 0 Å². The molecule has 2 aromatic heterocycles. The molecule has 1 aliphatic rings. The Bertz CT molecular complexity index is 886. The minimum absolute atomic E-state index is 0.251. The van der Waals surface area contributed by atoms with Crippen molar-refractivity contribution in [3.05, 3.63) is 50.3 Å². The summed E-state index contributed by atoms with van der Waals surface area (Å²) in [5.41, 5.74) is 1.93. The Labute approximate surface area is 160 Å². The maximum absolute atomic E-state index is 13.3. The van der Waals surface area contributed by atoms with E-state index in [9.17, 15) is 4.39 Å². The van der Waals surface area contributed by atoms with Gasteiger partial charge in [0.2, 0.25) is 0 Å². The van der Waals surface area contributed by atoms with E-state index in [2.05, 4.69) is 58.4 Å². The Kier molecular flexibility index (Phi) is 4.42. The van der Waals surface area contributed by atoms with Crippen molar-refractivity contribution in [1.82, 2.24) is 24.5 Å². The summed E-state index contributed by atoms with van der Waals surface area (Å²) in [5.74, 6) is 0.474. The van der Waals surface area contributed by atoms with Crippen molar-refractivity contribution in [2.75, 3.05) is 0 Å². The molecule has 0 unspecified atom stereocenters. The van der Waals surface area contributed by atoms with Crippen LogP contribution in [0.1, 0.15) is 30.9 Å². The molecule has 4 rings (SSSR count). The highest BCUT2D eigenvalue weighted by Gasteiger charge is 2.23. The predicted molar refractivity (Wildman–Crippen MR) is 100 cm³/mol. The second-order valence-electron chi connectivity index (χ2n) is 5.86. The molecule has 124 valence electrons. The fourth-order valence-corrected chi connectivity index (χ4v) is 4.12. The van der Waals surface area contributed by atoms with Crippen molar-refractivity contribution in [1.29, 1.82) is 0 Å². The fraction of sp³-hybridized carbons (Fsp3) is 0.312. The summed E-state index contributed by atoms with van der Waals surface area (Å²) in [6.07, 6.45) is 7.04. The summed E-state index contributed by atoms with van der Waals surface area (Å²) in [5, 5.41) is 8.84. The second-order valence-corrected chi connectivity index (χ2v) is 7.77. The maximum atomic E-state index is 13.3. The van der Waals surface area contributed by atoms with Crippen LogP contribution in [0.3, 0.4) is 0 Å². The van der Waals surface area contributed by atoms with E-state index in [4.69, 9.17) is 0 Å². The number of hydrogen-bond acceptors (Lipinski definition) is 3. The van der Waals surface area contributed by atoms with E-state index in [-0.39, 0.29) is 5.82 Å². The molecule has 0 bridgehead atoms. The maximum Gasteiger partial charge on any atom is 0.159 e. The highest BCUT2D eigenvalue weighted by molar-refractivity contribution is 14.1. The summed E-state index contributed by atoms with van der Waals surface area (Å²) < 4.78 is 19.0. The molecule has 0 atom stereocenters. The summed E-state index contributed by atoms with van der Waals surface area (Å²) in [4.78, 5) is 4.35. The van der Waals surface area contributed by atoms with Crippen LogP contribution in [0.15, 0.2) is 35.3 Å². The standard InChI is InChI=1S/C16H14BrFIN5/c17-15-10(7-21-24(15)12-2-1-3-12)8-23-16(20-9-22-23)13-5-4-11(18)6-14(13)19/h4-7,9,12H,1-3,8H2. The van der Waals surface area contributed by atoms with Crippen molar-refractivity contribution < 1.29 is 4.39 Å². The number of nitrogens with zero attached hydrogens (tertiary/aromatic N) is 5. The molecule has 5 nitrogen and oxygen atoms in total. The van der Waals surface area contributed by atoms with Gasteiger partial charge in [0, 0.05) is 14.7 Å². The third kappa shape index (κ3) is 2.90. The number of halogens is 3. The summed E-state index contributed by atoms with van der Waals surface area (Å²) in [6.45, 7) is 0.566. The molecular formula is C16H14BrFIN5. The first kappa shape index (κ1) is 16.2. The van der Waals surface area contributed by atoms with Gasteiger partial charge in [-0.2, -0.15) is 10.2 Å². The van der Waals surface area contributed by atoms with Crippen molar-refractivity contribution in [2.45, 2.75) is 31.8 Å². The van der Waals surface area contributed by atoms with E-state index >= 15 is 0 Å². The van der Waals surface area contributed by atoms with Crippen LogP contribution in [-0.4, -0.2) is 24.5 Å². The van der Waals surface area contributed by atoms with Gasteiger partial charge in [-0.3, -0.25) is 4.68 Å². The van der Waals surface area contributed by atoms with Crippen LogP contribution in [0.4, 0.5) is 4.39 Å². The lowest BCUT2D eigenvalue weighted by atomic mass is 9.93. The van der Waals surface area contributed by atoms with Gasteiger partial charge in [-0.15, -0.1) is 0 Å². The molecule has 1 fully saturated rings. The Hall–Kier alpha value is -1.29. The summed E-state index contributed by atoms with van der Waals surface area (Å²) in [7, 11) is 0. The first-order valence-electron chi connectivity index (χ1n) is 7.68. The third-order valence-electron chi connectivity index (χ3n) is 4.33. The molecule has 2 heterocycles. The van der Waals surface area contributed by atoms with Crippen LogP contribution < -0.4 is 0 Å². The first-order chi connectivity index (χ1) is 11.6. The minimum atomic E-state index is -0.251. The molecule has 1 aromatic carbocycles. The van der Waals surface area contributed by atoms with Gasteiger partial charge in [0.25, 0.3) is 0 Å². The fourth-order valence-electron chi connectivity index (χ4n) is 2.80. The monoisotopic (exact) mass is 501 g/mol.